The van der Waals surface area contributed by atoms with Gasteiger partial charge in [0.05, 0.1) is 0 Å². The number of aliphatic hydroxyl groups is 1. The molecule has 0 bridgehead atoms. The molecule has 0 fully saturated rings. The summed E-state index contributed by atoms with van der Waals surface area (Å²) >= 11 is 0. The van der Waals surface area contributed by atoms with Crippen LogP contribution in [0, 0.1) is 0 Å². The Hall–Kier alpha value is -1.35. The first kappa shape index (κ1) is 9.21. The fraction of sp³-hybridized carbons (Fsp3) is 0.364. The zero-order valence-corrected chi connectivity index (χ0v) is 7.73. The van der Waals surface area contributed by atoms with Crippen LogP contribution in [0.1, 0.15) is 17.5 Å². The molecule has 74 valence electrons. The highest BCUT2D eigenvalue weighted by atomic mass is 16.3. The molecular formula is C11H12O3. The van der Waals surface area contributed by atoms with E-state index in [1.165, 1.54) is 0 Å². The largest absolute Gasteiger partial charge is 0.508 e. The van der Waals surface area contributed by atoms with Crippen LogP contribution in [0.25, 0.3) is 0 Å². The topological polar surface area (TPSA) is 57.5 Å². The standard InChI is InChI=1S/C11H12O3/c12-7-11(14)5-4-8-2-1-3-10(13)9(8)6-11/h1-3,7,13-14H,4-6H2. The number of aldehydes is 1. The third kappa shape index (κ3) is 1.40. The molecule has 0 heterocycles. The first-order valence-corrected chi connectivity index (χ1v) is 4.63. The number of carbonyl (C=O) groups excluding carboxylic acids is 1. The van der Waals surface area contributed by atoms with Gasteiger partial charge in [0.1, 0.15) is 11.4 Å². The minimum Gasteiger partial charge on any atom is -0.508 e. The summed E-state index contributed by atoms with van der Waals surface area (Å²) < 4.78 is 0. The third-order valence-corrected chi connectivity index (χ3v) is 2.78. The number of benzene rings is 1. The molecule has 2 rings (SSSR count). The summed E-state index contributed by atoms with van der Waals surface area (Å²) in [4.78, 5) is 10.7. The molecule has 0 aromatic heterocycles. The van der Waals surface area contributed by atoms with Crippen molar-refractivity contribution < 1.29 is 15.0 Å². The normalized spacial score (nSPS) is 25.5. The van der Waals surface area contributed by atoms with Gasteiger partial charge >= 0.3 is 0 Å². The summed E-state index contributed by atoms with van der Waals surface area (Å²) in [5.74, 6) is 0.169. The Morgan fingerprint density at radius 1 is 1.43 bits per heavy atom. The van der Waals surface area contributed by atoms with Crippen LogP contribution in [0.2, 0.25) is 0 Å². The van der Waals surface area contributed by atoms with E-state index in [1.807, 2.05) is 6.07 Å². The van der Waals surface area contributed by atoms with E-state index in [-0.39, 0.29) is 12.2 Å². The molecule has 0 saturated carbocycles. The number of hydrogen-bond donors (Lipinski definition) is 2. The van der Waals surface area contributed by atoms with Crippen molar-refractivity contribution in [3.05, 3.63) is 29.3 Å². The highest BCUT2D eigenvalue weighted by Crippen LogP contribution is 2.32. The summed E-state index contributed by atoms with van der Waals surface area (Å²) in [5, 5.41) is 19.3. The van der Waals surface area contributed by atoms with Gasteiger partial charge in [-0.25, -0.2) is 0 Å². The van der Waals surface area contributed by atoms with Gasteiger partial charge in [0, 0.05) is 12.0 Å². The predicted octanol–water partition coefficient (Wildman–Crippen LogP) is 0.811. The Bertz CT molecular complexity index is 373. The molecule has 0 amide bonds. The maximum Gasteiger partial charge on any atom is 0.151 e. The number of phenols is 1. The fourth-order valence-electron chi connectivity index (χ4n) is 1.91. The van der Waals surface area contributed by atoms with E-state index in [4.69, 9.17) is 0 Å². The van der Waals surface area contributed by atoms with Gasteiger partial charge in [0.25, 0.3) is 0 Å². The minimum atomic E-state index is -1.29. The Morgan fingerprint density at radius 2 is 2.21 bits per heavy atom. The lowest BCUT2D eigenvalue weighted by molar-refractivity contribution is -0.125. The molecule has 1 aromatic rings. The summed E-state index contributed by atoms with van der Waals surface area (Å²) in [6.45, 7) is 0. The molecule has 2 N–H and O–H groups in total. The number of fused-ring (bicyclic) bond motifs is 1. The number of rotatable bonds is 1. The van der Waals surface area contributed by atoms with Gasteiger partial charge < -0.3 is 15.0 Å². The van der Waals surface area contributed by atoms with Crippen molar-refractivity contribution in [1.82, 2.24) is 0 Å². The first-order chi connectivity index (χ1) is 6.64. The second-order valence-electron chi connectivity index (χ2n) is 3.81. The van der Waals surface area contributed by atoms with Crippen LogP contribution in [-0.2, 0) is 17.6 Å². The van der Waals surface area contributed by atoms with E-state index in [0.29, 0.717) is 24.7 Å². The molecule has 0 spiro atoms. The van der Waals surface area contributed by atoms with Crippen molar-refractivity contribution >= 4 is 6.29 Å². The molecule has 1 aromatic carbocycles. The van der Waals surface area contributed by atoms with Gasteiger partial charge in [-0.15, -0.1) is 0 Å². The molecule has 0 aliphatic heterocycles. The van der Waals surface area contributed by atoms with E-state index in [0.717, 1.165) is 5.56 Å². The van der Waals surface area contributed by atoms with Crippen molar-refractivity contribution in [2.45, 2.75) is 24.9 Å². The molecule has 3 heteroatoms. The van der Waals surface area contributed by atoms with Crippen molar-refractivity contribution in [2.24, 2.45) is 0 Å². The molecule has 3 nitrogen and oxygen atoms in total. The van der Waals surface area contributed by atoms with Crippen LogP contribution in [0.5, 0.6) is 5.75 Å². The lowest BCUT2D eigenvalue weighted by atomic mass is 9.81. The van der Waals surface area contributed by atoms with E-state index in [1.54, 1.807) is 12.1 Å². The summed E-state index contributed by atoms with van der Waals surface area (Å²) in [6, 6.07) is 5.27. The molecule has 1 aliphatic carbocycles. The van der Waals surface area contributed by atoms with Crippen LogP contribution >= 0.6 is 0 Å². The highest BCUT2D eigenvalue weighted by molar-refractivity contribution is 5.65. The van der Waals surface area contributed by atoms with E-state index in [9.17, 15) is 15.0 Å². The molecule has 1 atom stereocenters. The second kappa shape index (κ2) is 3.10. The maximum absolute atomic E-state index is 10.7. The van der Waals surface area contributed by atoms with Crippen molar-refractivity contribution in [2.75, 3.05) is 0 Å². The molecule has 0 saturated heterocycles. The van der Waals surface area contributed by atoms with Crippen LogP contribution in [-0.4, -0.2) is 22.1 Å². The van der Waals surface area contributed by atoms with Crippen LogP contribution in [0.3, 0.4) is 0 Å². The number of carbonyl (C=O) groups is 1. The van der Waals surface area contributed by atoms with Gasteiger partial charge in [-0.2, -0.15) is 0 Å². The monoisotopic (exact) mass is 192 g/mol. The Morgan fingerprint density at radius 3 is 2.93 bits per heavy atom. The van der Waals surface area contributed by atoms with Crippen LogP contribution < -0.4 is 0 Å². The van der Waals surface area contributed by atoms with Gasteiger partial charge in [-0.3, -0.25) is 0 Å². The minimum absolute atomic E-state index is 0.169. The molecule has 0 radical (unpaired) electrons. The quantitative estimate of drug-likeness (QED) is 0.647. The Balaban J connectivity index is 2.43. The number of aromatic hydroxyl groups is 1. The average molecular weight is 192 g/mol. The second-order valence-corrected chi connectivity index (χ2v) is 3.81. The summed E-state index contributed by atoms with van der Waals surface area (Å²) in [7, 11) is 0. The smallest absolute Gasteiger partial charge is 0.151 e. The molecule has 1 aliphatic rings. The Kier molecular flexibility index (Phi) is 2.04. The lowest BCUT2D eigenvalue weighted by Crippen LogP contribution is -2.37. The van der Waals surface area contributed by atoms with E-state index < -0.39 is 5.60 Å². The number of phenolic OH excluding ortho intramolecular Hbond substituents is 1. The predicted molar refractivity (Wildman–Crippen MR) is 51.1 cm³/mol. The van der Waals surface area contributed by atoms with E-state index in [2.05, 4.69) is 0 Å². The summed E-state index contributed by atoms with van der Waals surface area (Å²) in [6.07, 6.45) is 1.87. The summed E-state index contributed by atoms with van der Waals surface area (Å²) in [5.41, 5.74) is 0.441. The maximum atomic E-state index is 10.7. The van der Waals surface area contributed by atoms with E-state index >= 15 is 0 Å². The van der Waals surface area contributed by atoms with Crippen molar-refractivity contribution in [3.63, 3.8) is 0 Å². The number of aryl methyl sites for hydroxylation is 1. The average Bonchev–Trinajstić information content (AvgIpc) is 2.20. The van der Waals surface area contributed by atoms with Gasteiger partial charge in [-0.1, -0.05) is 12.1 Å². The Labute approximate surface area is 82.0 Å². The zero-order valence-electron chi connectivity index (χ0n) is 7.73. The van der Waals surface area contributed by atoms with Crippen LogP contribution in [0.4, 0.5) is 0 Å². The SMILES string of the molecule is O=CC1(O)CCc2cccc(O)c2C1. The molecule has 1 unspecified atom stereocenters. The highest BCUT2D eigenvalue weighted by Gasteiger charge is 2.32. The van der Waals surface area contributed by atoms with Gasteiger partial charge in [0.15, 0.2) is 6.29 Å². The fourth-order valence-corrected chi connectivity index (χ4v) is 1.91. The van der Waals surface area contributed by atoms with Crippen molar-refractivity contribution in [3.8, 4) is 5.75 Å². The zero-order chi connectivity index (χ0) is 10.2. The van der Waals surface area contributed by atoms with Crippen molar-refractivity contribution in [1.29, 1.82) is 0 Å². The van der Waals surface area contributed by atoms with Gasteiger partial charge in [0.2, 0.25) is 0 Å². The first-order valence-electron chi connectivity index (χ1n) is 4.63. The number of hydrogen-bond acceptors (Lipinski definition) is 3. The van der Waals surface area contributed by atoms with Gasteiger partial charge in [-0.05, 0) is 24.5 Å². The molecular weight excluding hydrogens is 180 g/mol. The lowest BCUT2D eigenvalue weighted by Gasteiger charge is -2.28. The third-order valence-electron chi connectivity index (χ3n) is 2.78. The molecule has 14 heavy (non-hydrogen) atoms. The van der Waals surface area contributed by atoms with Crippen LogP contribution in [0.15, 0.2) is 18.2 Å².